The summed E-state index contributed by atoms with van der Waals surface area (Å²) in [6.07, 6.45) is 7.77. The first-order valence-electron chi connectivity index (χ1n) is 7.34. The molecule has 1 aliphatic rings. The summed E-state index contributed by atoms with van der Waals surface area (Å²) >= 11 is 0. The summed E-state index contributed by atoms with van der Waals surface area (Å²) in [7, 11) is 0. The SMILES string of the molecule is C/C=C/C=C/CC(C[C@H]1CO1)(C(=O)OCC)C(=O)OCC. The molecule has 0 spiro atoms. The number of hydrogen-bond acceptors (Lipinski definition) is 5. The van der Waals surface area contributed by atoms with Gasteiger partial charge in [-0.15, -0.1) is 0 Å². The average Bonchev–Trinajstić information content (AvgIpc) is 3.26. The Balaban J connectivity index is 2.99. The lowest BCUT2D eigenvalue weighted by Crippen LogP contribution is -2.43. The van der Waals surface area contributed by atoms with Gasteiger partial charge in [-0.2, -0.15) is 0 Å². The Bertz CT molecular complexity index is 389. The molecule has 1 saturated heterocycles. The molecular formula is C16H24O5. The summed E-state index contributed by atoms with van der Waals surface area (Å²) in [5, 5.41) is 0. The molecule has 0 aromatic rings. The van der Waals surface area contributed by atoms with E-state index < -0.39 is 17.4 Å². The van der Waals surface area contributed by atoms with Crippen LogP contribution in [0, 0.1) is 5.41 Å². The van der Waals surface area contributed by atoms with Crippen molar-refractivity contribution in [3.63, 3.8) is 0 Å². The van der Waals surface area contributed by atoms with Crippen molar-refractivity contribution < 1.29 is 23.8 Å². The highest BCUT2D eigenvalue weighted by molar-refractivity contribution is 6.00. The van der Waals surface area contributed by atoms with Crippen LogP contribution in [-0.4, -0.2) is 37.9 Å². The summed E-state index contributed by atoms with van der Waals surface area (Å²) in [6, 6.07) is 0. The fraction of sp³-hybridized carbons (Fsp3) is 0.625. The first-order valence-corrected chi connectivity index (χ1v) is 7.34. The van der Waals surface area contributed by atoms with Gasteiger partial charge in [-0.05, 0) is 27.2 Å². The van der Waals surface area contributed by atoms with Crippen LogP contribution in [0.1, 0.15) is 33.6 Å². The van der Waals surface area contributed by atoms with Crippen LogP contribution in [0.4, 0.5) is 0 Å². The minimum absolute atomic E-state index is 0.0751. The Kier molecular flexibility index (Phi) is 7.15. The van der Waals surface area contributed by atoms with Crippen molar-refractivity contribution in [2.45, 2.75) is 39.7 Å². The first-order chi connectivity index (χ1) is 10.1. The molecule has 0 aromatic heterocycles. The normalized spacial score (nSPS) is 18.1. The third-order valence-corrected chi connectivity index (χ3v) is 3.22. The molecule has 1 rings (SSSR count). The van der Waals surface area contributed by atoms with E-state index in [2.05, 4.69) is 0 Å². The molecular weight excluding hydrogens is 272 g/mol. The molecule has 1 fully saturated rings. The van der Waals surface area contributed by atoms with Gasteiger partial charge in [-0.1, -0.05) is 24.3 Å². The standard InChI is InChI=1S/C16H24O5/c1-4-7-8-9-10-16(11-13-12-21-13,14(17)19-5-2)15(18)20-6-3/h4,7-9,13H,5-6,10-12H2,1-3H3/b7-4+,9-8+/t13-/m0/s1. The topological polar surface area (TPSA) is 65.1 Å². The van der Waals surface area contributed by atoms with Crippen molar-refractivity contribution in [2.75, 3.05) is 19.8 Å². The van der Waals surface area contributed by atoms with Gasteiger partial charge in [-0.25, -0.2) is 0 Å². The first kappa shape index (κ1) is 17.4. The number of ether oxygens (including phenoxy) is 3. The molecule has 1 heterocycles. The smallest absolute Gasteiger partial charge is 0.323 e. The van der Waals surface area contributed by atoms with Gasteiger partial charge in [0.15, 0.2) is 5.41 Å². The number of hydrogen-bond donors (Lipinski definition) is 0. The molecule has 1 aliphatic heterocycles. The predicted molar refractivity (Wildman–Crippen MR) is 78.6 cm³/mol. The summed E-state index contributed by atoms with van der Waals surface area (Å²) < 4.78 is 15.4. The van der Waals surface area contributed by atoms with E-state index in [1.807, 2.05) is 19.1 Å². The fourth-order valence-electron chi connectivity index (χ4n) is 2.07. The van der Waals surface area contributed by atoms with Gasteiger partial charge in [0.05, 0.1) is 25.9 Å². The summed E-state index contributed by atoms with van der Waals surface area (Å²) in [5.74, 6) is -1.08. The lowest BCUT2D eigenvalue weighted by Gasteiger charge is -2.27. The monoisotopic (exact) mass is 296 g/mol. The molecule has 0 bridgehead atoms. The Morgan fingerprint density at radius 3 is 2.19 bits per heavy atom. The van der Waals surface area contributed by atoms with Gasteiger partial charge in [0.25, 0.3) is 0 Å². The maximum Gasteiger partial charge on any atom is 0.323 e. The summed E-state index contributed by atoms with van der Waals surface area (Å²) in [5.41, 5.74) is -1.31. The van der Waals surface area contributed by atoms with E-state index >= 15 is 0 Å². The van der Waals surface area contributed by atoms with Crippen LogP contribution in [0.3, 0.4) is 0 Å². The van der Waals surface area contributed by atoms with Crippen LogP contribution < -0.4 is 0 Å². The second-order valence-corrected chi connectivity index (χ2v) is 4.84. The molecule has 5 heteroatoms. The highest BCUT2D eigenvalue weighted by Gasteiger charge is 2.51. The molecule has 0 amide bonds. The molecule has 0 unspecified atom stereocenters. The minimum atomic E-state index is -1.31. The third kappa shape index (κ3) is 5.01. The highest BCUT2D eigenvalue weighted by atomic mass is 16.6. The second-order valence-electron chi connectivity index (χ2n) is 4.84. The maximum absolute atomic E-state index is 12.4. The van der Waals surface area contributed by atoms with Gasteiger partial charge >= 0.3 is 11.9 Å². The molecule has 0 aliphatic carbocycles. The second kappa shape index (κ2) is 8.62. The highest BCUT2D eigenvalue weighted by Crippen LogP contribution is 2.36. The molecule has 0 saturated carbocycles. The van der Waals surface area contributed by atoms with Gasteiger partial charge in [0.2, 0.25) is 0 Å². The zero-order chi connectivity index (χ0) is 15.7. The van der Waals surface area contributed by atoms with Crippen molar-refractivity contribution >= 4 is 11.9 Å². The lowest BCUT2D eigenvalue weighted by atomic mass is 9.79. The zero-order valence-electron chi connectivity index (χ0n) is 13.0. The van der Waals surface area contributed by atoms with Gasteiger partial charge in [-0.3, -0.25) is 9.59 Å². The van der Waals surface area contributed by atoms with Crippen LogP contribution in [0.2, 0.25) is 0 Å². The summed E-state index contributed by atoms with van der Waals surface area (Å²) in [4.78, 5) is 24.8. The molecule has 5 nitrogen and oxygen atoms in total. The van der Waals surface area contributed by atoms with Gasteiger partial charge < -0.3 is 14.2 Å². The van der Waals surface area contributed by atoms with E-state index in [1.54, 1.807) is 26.0 Å². The van der Waals surface area contributed by atoms with Crippen molar-refractivity contribution in [1.29, 1.82) is 0 Å². The predicted octanol–water partition coefficient (Wildman–Crippen LogP) is 2.41. The van der Waals surface area contributed by atoms with Crippen LogP contribution in [-0.2, 0) is 23.8 Å². The van der Waals surface area contributed by atoms with E-state index in [-0.39, 0.29) is 25.7 Å². The number of rotatable bonds is 9. The Morgan fingerprint density at radius 1 is 1.19 bits per heavy atom. The van der Waals surface area contributed by atoms with Gasteiger partial charge in [0.1, 0.15) is 0 Å². The lowest BCUT2D eigenvalue weighted by molar-refractivity contribution is -0.173. The zero-order valence-corrected chi connectivity index (χ0v) is 13.0. The third-order valence-electron chi connectivity index (χ3n) is 3.22. The molecule has 21 heavy (non-hydrogen) atoms. The van der Waals surface area contributed by atoms with Crippen LogP contribution in [0.5, 0.6) is 0 Å². The number of epoxide rings is 1. The van der Waals surface area contributed by atoms with E-state index in [1.165, 1.54) is 0 Å². The Hall–Kier alpha value is -1.62. The Morgan fingerprint density at radius 2 is 1.76 bits per heavy atom. The van der Waals surface area contributed by atoms with Crippen molar-refractivity contribution in [3.05, 3.63) is 24.3 Å². The van der Waals surface area contributed by atoms with Crippen LogP contribution >= 0.6 is 0 Å². The van der Waals surface area contributed by atoms with Crippen molar-refractivity contribution in [3.8, 4) is 0 Å². The van der Waals surface area contributed by atoms with Crippen LogP contribution in [0.15, 0.2) is 24.3 Å². The molecule has 118 valence electrons. The number of esters is 2. The summed E-state index contributed by atoms with van der Waals surface area (Å²) in [6.45, 7) is 6.35. The molecule has 1 atom stereocenters. The van der Waals surface area contributed by atoms with E-state index in [0.717, 1.165) is 0 Å². The fourth-order valence-corrected chi connectivity index (χ4v) is 2.07. The van der Waals surface area contributed by atoms with E-state index in [9.17, 15) is 9.59 Å². The Labute approximate surface area is 125 Å². The number of allylic oxidation sites excluding steroid dienone is 4. The van der Waals surface area contributed by atoms with Crippen molar-refractivity contribution in [1.82, 2.24) is 0 Å². The number of carbonyl (C=O) groups is 2. The number of carbonyl (C=O) groups excluding carboxylic acids is 2. The van der Waals surface area contributed by atoms with Crippen molar-refractivity contribution in [2.24, 2.45) is 5.41 Å². The van der Waals surface area contributed by atoms with E-state index in [0.29, 0.717) is 13.0 Å². The minimum Gasteiger partial charge on any atom is -0.465 e. The quantitative estimate of drug-likeness (QED) is 0.283. The largest absolute Gasteiger partial charge is 0.465 e. The van der Waals surface area contributed by atoms with E-state index in [4.69, 9.17) is 14.2 Å². The molecule has 0 aromatic carbocycles. The molecule has 0 radical (unpaired) electrons. The molecule has 0 N–H and O–H groups in total. The van der Waals surface area contributed by atoms with Gasteiger partial charge in [0, 0.05) is 6.42 Å². The average molecular weight is 296 g/mol. The maximum atomic E-state index is 12.4. The van der Waals surface area contributed by atoms with Crippen LogP contribution in [0.25, 0.3) is 0 Å².